The molecule has 0 spiro atoms. The summed E-state index contributed by atoms with van der Waals surface area (Å²) in [5.41, 5.74) is 1.65. The number of halogens is 2. The number of hydrogen-bond acceptors (Lipinski definition) is 11. The molecule has 0 amide bonds. The molecule has 4 N–H and O–H groups in total. The summed E-state index contributed by atoms with van der Waals surface area (Å²) in [5.74, 6) is 1.82. The van der Waals surface area contributed by atoms with Gasteiger partial charge in [0.2, 0.25) is 5.95 Å². The van der Waals surface area contributed by atoms with Gasteiger partial charge in [-0.3, -0.25) is 5.32 Å². The van der Waals surface area contributed by atoms with Crippen molar-refractivity contribution in [2.24, 2.45) is 0 Å². The minimum Gasteiger partial charge on any atom is -0.495 e. The minimum absolute atomic E-state index is 0.149. The number of benzene rings is 1. The normalized spacial score (nSPS) is 17.6. The van der Waals surface area contributed by atoms with E-state index in [0.717, 1.165) is 24.8 Å². The molecule has 3 heterocycles. The molecule has 3 aromatic rings. The zero-order valence-corrected chi connectivity index (χ0v) is 25.2. The minimum atomic E-state index is -0.844. The second-order valence-corrected chi connectivity index (χ2v) is 10.7. The van der Waals surface area contributed by atoms with Crippen LogP contribution in [0.3, 0.4) is 0 Å². The van der Waals surface area contributed by atoms with Crippen molar-refractivity contribution in [1.82, 2.24) is 25.2 Å². The second-order valence-electron chi connectivity index (χ2n) is 9.95. The Hall–Kier alpha value is -2.93. The Morgan fingerprint density at radius 1 is 1.12 bits per heavy atom. The van der Waals surface area contributed by atoms with E-state index in [1.165, 1.54) is 20.3 Å². The van der Waals surface area contributed by atoms with Gasteiger partial charge in [-0.05, 0) is 45.6 Å². The van der Waals surface area contributed by atoms with Crippen LogP contribution in [0.15, 0.2) is 31.0 Å². The summed E-state index contributed by atoms with van der Waals surface area (Å²) in [6.45, 7) is 6.16. The largest absolute Gasteiger partial charge is 0.495 e. The molecule has 1 saturated heterocycles. The van der Waals surface area contributed by atoms with Crippen molar-refractivity contribution in [1.29, 1.82) is 0 Å². The Kier molecular flexibility index (Phi) is 10.8. The number of rotatable bonds is 14. The van der Waals surface area contributed by atoms with E-state index >= 15 is 0 Å². The standard InChI is InChI=1S/C28H37Cl2N7O4/c1-6-22(38)33-18-14-41-15-19(18)35-28-32-13-16-11-17(23-24(29)20(39-4)12-21(40-5)25(23)30)34-27(26(16)36-28)31-9-7-8-10-37(2)3/h6,11-13,18-19,22,33,38H,1,7-10,14-15H2,2-5H3,(H,31,34)(H,32,35,36)/t18-,19+,22?/m0/s1. The molecule has 0 radical (unpaired) electrons. The smallest absolute Gasteiger partial charge is 0.223 e. The topological polar surface area (TPSA) is 126 Å². The first-order valence-electron chi connectivity index (χ1n) is 13.3. The van der Waals surface area contributed by atoms with Gasteiger partial charge in [0.25, 0.3) is 0 Å². The number of methoxy groups -OCH3 is 2. The maximum atomic E-state index is 9.96. The summed E-state index contributed by atoms with van der Waals surface area (Å²) in [6, 6.07) is 3.18. The molecule has 41 heavy (non-hydrogen) atoms. The highest BCUT2D eigenvalue weighted by Crippen LogP contribution is 2.46. The molecule has 0 saturated carbocycles. The van der Waals surface area contributed by atoms with Crippen LogP contribution in [-0.4, -0.2) is 97.9 Å². The van der Waals surface area contributed by atoms with Crippen LogP contribution in [0.1, 0.15) is 12.8 Å². The average molecular weight is 607 g/mol. The Labute approximate surface area is 250 Å². The summed E-state index contributed by atoms with van der Waals surface area (Å²) in [5, 5.41) is 21.2. The molecule has 2 aromatic heterocycles. The molecule has 4 rings (SSSR count). The maximum absolute atomic E-state index is 9.96. The van der Waals surface area contributed by atoms with Gasteiger partial charge < -0.3 is 34.9 Å². The van der Waals surface area contributed by atoms with Gasteiger partial charge in [-0.2, -0.15) is 0 Å². The molecular weight excluding hydrogens is 569 g/mol. The number of pyridine rings is 1. The van der Waals surface area contributed by atoms with Crippen molar-refractivity contribution >= 4 is 45.9 Å². The number of ether oxygens (including phenoxy) is 3. The van der Waals surface area contributed by atoms with Crippen molar-refractivity contribution in [3.63, 3.8) is 0 Å². The predicted molar refractivity (Wildman–Crippen MR) is 164 cm³/mol. The number of nitrogens with one attached hydrogen (secondary N) is 3. The molecular formula is C28H37Cl2N7O4. The molecule has 13 heteroatoms. The Bertz CT molecular complexity index is 1330. The zero-order chi connectivity index (χ0) is 29.5. The van der Waals surface area contributed by atoms with Gasteiger partial charge in [0.1, 0.15) is 23.2 Å². The van der Waals surface area contributed by atoms with Crippen LogP contribution in [-0.2, 0) is 4.74 Å². The van der Waals surface area contributed by atoms with E-state index in [-0.39, 0.29) is 12.1 Å². The first-order chi connectivity index (χ1) is 19.7. The monoisotopic (exact) mass is 605 g/mol. The molecule has 1 fully saturated rings. The fourth-order valence-corrected chi connectivity index (χ4v) is 5.24. The lowest BCUT2D eigenvalue weighted by molar-refractivity contribution is 0.149. The molecule has 0 aliphatic carbocycles. The van der Waals surface area contributed by atoms with Crippen LogP contribution < -0.4 is 25.4 Å². The first-order valence-corrected chi connectivity index (χ1v) is 14.1. The van der Waals surface area contributed by atoms with Crippen LogP contribution in [0.2, 0.25) is 10.0 Å². The van der Waals surface area contributed by atoms with Crippen molar-refractivity contribution in [3.8, 4) is 22.8 Å². The van der Waals surface area contributed by atoms with E-state index in [1.807, 2.05) is 6.07 Å². The number of hydrogen-bond donors (Lipinski definition) is 4. The second kappa shape index (κ2) is 14.3. The highest BCUT2D eigenvalue weighted by Gasteiger charge is 2.30. The third-order valence-electron chi connectivity index (χ3n) is 6.72. The summed E-state index contributed by atoms with van der Waals surface area (Å²) in [7, 11) is 7.17. The van der Waals surface area contributed by atoms with Crippen molar-refractivity contribution in [2.75, 3.05) is 65.3 Å². The van der Waals surface area contributed by atoms with Gasteiger partial charge in [0.05, 0.1) is 55.3 Å². The summed E-state index contributed by atoms with van der Waals surface area (Å²) >= 11 is 13.4. The van der Waals surface area contributed by atoms with Gasteiger partial charge in [-0.1, -0.05) is 29.8 Å². The molecule has 1 aliphatic heterocycles. The van der Waals surface area contributed by atoms with E-state index in [4.69, 9.17) is 47.4 Å². The summed E-state index contributed by atoms with van der Waals surface area (Å²) in [6.07, 6.45) is 4.27. The molecule has 1 unspecified atom stereocenters. The first kappa shape index (κ1) is 31.0. The number of aliphatic hydroxyl groups excluding tert-OH is 1. The Morgan fingerprint density at radius 3 is 2.49 bits per heavy atom. The molecule has 3 atom stereocenters. The number of unbranched alkanes of at least 4 members (excludes halogenated alkanes) is 1. The maximum Gasteiger partial charge on any atom is 0.223 e. The van der Waals surface area contributed by atoms with Crippen LogP contribution in [0, 0.1) is 0 Å². The molecule has 11 nitrogen and oxygen atoms in total. The lowest BCUT2D eigenvalue weighted by Crippen LogP contribution is -2.47. The fraction of sp³-hybridized carbons (Fsp3) is 0.464. The van der Waals surface area contributed by atoms with Gasteiger partial charge in [-0.15, -0.1) is 0 Å². The van der Waals surface area contributed by atoms with Crippen molar-refractivity contribution < 1.29 is 19.3 Å². The van der Waals surface area contributed by atoms with Crippen LogP contribution in [0.25, 0.3) is 22.2 Å². The van der Waals surface area contributed by atoms with E-state index < -0.39 is 6.23 Å². The van der Waals surface area contributed by atoms with E-state index in [1.54, 1.807) is 12.3 Å². The third kappa shape index (κ3) is 7.48. The average Bonchev–Trinajstić information content (AvgIpc) is 3.38. The molecule has 0 bridgehead atoms. The fourth-order valence-electron chi connectivity index (χ4n) is 4.54. The lowest BCUT2D eigenvalue weighted by Gasteiger charge is -2.22. The highest BCUT2D eigenvalue weighted by atomic mass is 35.5. The molecule has 1 aliphatic rings. The third-order valence-corrected chi connectivity index (χ3v) is 7.47. The summed E-state index contributed by atoms with van der Waals surface area (Å²) < 4.78 is 16.5. The van der Waals surface area contributed by atoms with Crippen LogP contribution in [0.4, 0.5) is 11.8 Å². The molecule has 1 aromatic carbocycles. The number of fused-ring (bicyclic) bond motifs is 1. The SMILES string of the molecule is C=CC(O)N[C@H]1COC[C@H]1Nc1ncc2cc(-c3c(Cl)c(OC)cc(OC)c3Cl)nc(NCCCCN(C)C)c2n1. The van der Waals surface area contributed by atoms with Gasteiger partial charge >= 0.3 is 0 Å². The van der Waals surface area contributed by atoms with Crippen LogP contribution >= 0.6 is 23.2 Å². The number of nitrogens with zero attached hydrogens (tertiary/aromatic N) is 4. The Morgan fingerprint density at radius 2 is 1.83 bits per heavy atom. The van der Waals surface area contributed by atoms with E-state index in [2.05, 4.69) is 46.5 Å². The van der Waals surface area contributed by atoms with Gasteiger partial charge in [0.15, 0.2) is 5.82 Å². The Balaban J connectivity index is 1.71. The predicted octanol–water partition coefficient (Wildman–Crippen LogP) is 4.04. The van der Waals surface area contributed by atoms with E-state index in [0.29, 0.717) is 69.8 Å². The van der Waals surface area contributed by atoms with E-state index in [9.17, 15) is 5.11 Å². The number of aliphatic hydroxyl groups is 1. The van der Waals surface area contributed by atoms with Crippen LogP contribution in [0.5, 0.6) is 11.5 Å². The van der Waals surface area contributed by atoms with Gasteiger partial charge in [0, 0.05) is 29.8 Å². The lowest BCUT2D eigenvalue weighted by atomic mass is 10.1. The highest BCUT2D eigenvalue weighted by molar-refractivity contribution is 6.41. The number of anilines is 2. The van der Waals surface area contributed by atoms with Gasteiger partial charge in [-0.25, -0.2) is 15.0 Å². The summed E-state index contributed by atoms with van der Waals surface area (Å²) in [4.78, 5) is 16.4. The quantitative estimate of drug-likeness (QED) is 0.121. The van der Waals surface area contributed by atoms with Crippen molar-refractivity contribution in [2.45, 2.75) is 31.2 Å². The zero-order valence-electron chi connectivity index (χ0n) is 23.7. The molecule has 222 valence electrons. The number of aromatic nitrogens is 3. The van der Waals surface area contributed by atoms with Crippen molar-refractivity contribution in [3.05, 3.63) is 41.0 Å².